The van der Waals surface area contributed by atoms with E-state index in [4.69, 9.17) is 14.2 Å². The van der Waals surface area contributed by atoms with Crippen molar-refractivity contribution in [2.45, 2.75) is 105 Å². The van der Waals surface area contributed by atoms with Crippen LogP contribution < -0.4 is 0 Å². The molecule has 0 amide bonds. The Morgan fingerprint density at radius 1 is 0.833 bits per heavy atom. The predicted octanol–water partition coefficient (Wildman–Crippen LogP) is 6.12. The van der Waals surface area contributed by atoms with Crippen molar-refractivity contribution in [2.75, 3.05) is 13.2 Å². The van der Waals surface area contributed by atoms with Gasteiger partial charge in [-0.25, -0.2) is 4.79 Å². The van der Waals surface area contributed by atoms with Crippen LogP contribution in [-0.2, 0) is 14.2 Å². The van der Waals surface area contributed by atoms with Crippen LogP contribution in [-0.4, -0.2) is 31.6 Å². The number of carbonyl (C=O) groups is 1. The molecule has 0 rings (SSSR count). The van der Waals surface area contributed by atoms with Gasteiger partial charge in [-0.05, 0) is 39.0 Å². The summed E-state index contributed by atoms with van der Waals surface area (Å²) in [5, 5.41) is 0. The third-order valence-electron chi connectivity index (χ3n) is 4.34. The highest BCUT2D eigenvalue weighted by Crippen LogP contribution is 2.16. The molecule has 0 aromatic carbocycles. The number of hydrogen-bond donors (Lipinski definition) is 0. The zero-order valence-corrected chi connectivity index (χ0v) is 16.6. The average molecular weight is 345 g/mol. The fraction of sp³-hybridized carbons (Fsp3) is 0.950. The molecule has 144 valence electrons. The molecule has 0 heterocycles. The Balaban J connectivity index is 3.48. The van der Waals surface area contributed by atoms with Crippen LogP contribution in [0, 0.1) is 5.92 Å². The third-order valence-corrected chi connectivity index (χ3v) is 4.34. The van der Waals surface area contributed by atoms with Crippen LogP contribution in [0.5, 0.6) is 0 Å². The monoisotopic (exact) mass is 344 g/mol. The van der Waals surface area contributed by atoms with E-state index < -0.39 is 6.16 Å². The van der Waals surface area contributed by atoms with Crippen molar-refractivity contribution in [3.05, 3.63) is 0 Å². The molecule has 4 heteroatoms. The first-order chi connectivity index (χ1) is 11.5. The molecule has 24 heavy (non-hydrogen) atoms. The first-order valence-electron chi connectivity index (χ1n) is 9.94. The molecule has 4 nitrogen and oxygen atoms in total. The summed E-state index contributed by atoms with van der Waals surface area (Å²) >= 11 is 0. The SMILES string of the molecule is CCCCCCC(C)CCCCOC(=O)OCC(C)OC(C)CC. The van der Waals surface area contributed by atoms with Crippen LogP contribution in [0.1, 0.15) is 92.4 Å². The molecule has 0 aliphatic carbocycles. The second-order valence-electron chi connectivity index (χ2n) is 7.03. The summed E-state index contributed by atoms with van der Waals surface area (Å²) in [5.74, 6) is 0.771. The van der Waals surface area contributed by atoms with Crippen molar-refractivity contribution in [3.63, 3.8) is 0 Å². The van der Waals surface area contributed by atoms with E-state index in [1.165, 1.54) is 38.5 Å². The smallest absolute Gasteiger partial charge is 0.434 e. The van der Waals surface area contributed by atoms with Crippen molar-refractivity contribution in [1.82, 2.24) is 0 Å². The maximum atomic E-state index is 11.5. The first kappa shape index (κ1) is 23.2. The van der Waals surface area contributed by atoms with Gasteiger partial charge in [0, 0.05) is 0 Å². The molecule has 0 N–H and O–H groups in total. The van der Waals surface area contributed by atoms with E-state index in [-0.39, 0.29) is 18.8 Å². The van der Waals surface area contributed by atoms with Crippen LogP contribution in [0.4, 0.5) is 4.79 Å². The predicted molar refractivity (Wildman–Crippen MR) is 99.4 cm³/mol. The minimum atomic E-state index is -0.581. The van der Waals surface area contributed by atoms with E-state index in [9.17, 15) is 4.79 Å². The van der Waals surface area contributed by atoms with Crippen LogP contribution in [0.2, 0.25) is 0 Å². The van der Waals surface area contributed by atoms with Crippen LogP contribution in [0.3, 0.4) is 0 Å². The van der Waals surface area contributed by atoms with Gasteiger partial charge in [-0.1, -0.05) is 59.3 Å². The summed E-state index contributed by atoms with van der Waals surface area (Å²) in [6.07, 6.45) is 10.3. The van der Waals surface area contributed by atoms with Gasteiger partial charge in [-0.3, -0.25) is 0 Å². The van der Waals surface area contributed by atoms with Gasteiger partial charge in [-0.2, -0.15) is 0 Å². The summed E-state index contributed by atoms with van der Waals surface area (Å²) in [7, 11) is 0. The Kier molecular flexibility index (Phi) is 15.2. The molecule has 0 aromatic heterocycles. The topological polar surface area (TPSA) is 44.8 Å². The number of ether oxygens (including phenoxy) is 3. The largest absolute Gasteiger partial charge is 0.508 e. The molecule has 0 saturated heterocycles. The van der Waals surface area contributed by atoms with Gasteiger partial charge in [-0.15, -0.1) is 0 Å². The maximum absolute atomic E-state index is 11.5. The quantitative estimate of drug-likeness (QED) is 0.265. The summed E-state index contributed by atoms with van der Waals surface area (Å²) in [5.41, 5.74) is 0. The highest BCUT2D eigenvalue weighted by molar-refractivity contribution is 5.59. The van der Waals surface area contributed by atoms with Crippen LogP contribution in [0.25, 0.3) is 0 Å². The molecule has 0 bridgehead atoms. The van der Waals surface area contributed by atoms with Gasteiger partial charge in [0.2, 0.25) is 0 Å². The Hall–Kier alpha value is -0.770. The summed E-state index contributed by atoms with van der Waals surface area (Å²) in [6.45, 7) is 11.2. The molecular formula is C20H40O4. The number of carbonyl (C=O) groups excluding carboxylic acids is 1. The molecule has 3 atom stereocenters. The van der Waals surface area contributed by atoms with Gasteiger partial charge < -0.3 is 14.2 Å². The minimum absolute atomic E-state index is 0.0962. The minimum Gasteiger partial charge on any atom is -0.434 e. The summed E-state index contributed by atoms with van der Waals surface area (Å²) in [6, 6.07) is 0. The standard InChI is InChI=1S/C20H40O4/c1-6-8-9-10-13-17(3)14-11-12-15-22-20(21)23-16-19(5)24-18(4)7-2/h17-19H,6-16H2,1-5H3. The molecule has 0 spiro atoms. The van der Waals surface area contributed by atoms with Crippen LogP contribution >= 0.6 is 0 Å². The number of unbranched alkanes of at least 4 members (excludes halogenated alkanes) is 4. The highest BCUT2D eigenvalue weighted by atomic mass is 16.7. The summed E-state index contributed by atoms with van der Waals surface area (Å²) in [4.78, 5) is 11.5. The zero-order chi connectivity index (χ0) is 18.2. The van der Waals surface area contributed by atoms with E-state index >= 15 is 0 Å². The second-order valence-corrected chi connectivity index (χ2v) is 7.03. The molecule has 0 radical (unpaired) electrons. The van der Waals surface area contributed by atoms with E-state index in [0.29, 0.717) is 6.61 Å². The fourth-order valence-corrected chi connectivity index (χ4v) is 2.57. The van der Waals surface area contributed by atoms with Crippen molar-refractivity contribution >= 4 is 6.16 Å². The Bertz CT molecular complexity index is 293. The molecular weight excluding hydrogens is 304 g/mol. The molecule has 0 aliphatic heterocycles. The molecule has 0 aliphatic rings. The second kappa shape index (κ2) is 15.7. The molecule has 3 unspecified atom stereocenters. The number of hydrogen-bond acceptors (Lipinski definition) is 4. The lowest BCUT2D eigenvalue weighted by Gasteiger charge is -2.17. The van der Waals surface area contributed by atoms with Crippen LogP contribution in [0.15, 0.2) is 0 Å². The van der Waals surface area contributed by atoms with Gasteiger partial charge in [0.05, 0.1) is 18.8 Å². The first-order valence-corrected chi connectivity index (χ1v) is 9.94. The van der Waals surface area contributed by atoms with Crippen molar-refractivity contribution in [1.29, 1.82) is 0 Å². The van der Waals surface area contributed by atoms with Crippen molar-refractivity contribution in [2.24, 2.45) is 5.92 Å². The normalized spacial score (nSPS) is 14.9. The average Bonchev–Trinajstić information content (AvgIpc) is 2.56. The Morgan fingerprint density at radius 3 is 2.12 bits per heavy atom. The van der Waals surface area contributed by atoms with E-state index in [1.807, 2.05) is 13.8 Å². The van der Waals surface area contributed by atoms with Gasteiger partial charge >= 0.3 is 6.16 Å². The fourth-order valence-electron chi connectivity index (χ4n) is 2.57. The van der Waals surface area contributed by atoms with Crippen molar-refractivity contribution < 1.29 is 19.0 Å². The lowest BCUT2D eigenvalue weighted by atomic mass is 9.97. The van der Waals surface area contributed by atoms with E-state index in [0.717, 1.165) is 25.2 Å². The van der Waals surface area contributed by atoms with E-state index in [2.05, 4.69) is 20.8 Å². The zero-order valence-electron chi connectivity index (χ0n) is 16.6. The lowest BCUT2D eigenvalue weighted by molar-refractivity contribution is -0.0393. The van der Waals surface area contributed by atoms with Gasteiger partial charge in [0.1, 0.15) is 6.61 Å². The lowest BCUT2D eigenvalue weighted by Crippen LogP contribution is -2.23. The molecule has 0 fully saturated rings. The third kappa shape index (κ3) is 14.8. The van der Waals surface area contributed by atoms with Gasteiger partial charge in [0.25, 0.3) is 0 Å². The summed E-state index contributed by atoms with van der Waals surface area (Å²) < 4.78 is 15.8. The highest BCUT2D eigenvalue weighted by Gasteiger charge is 2.11. The van der Waals surface area contributed by atoms with Gasteiger partial charge in [0.15, 0.2) is 0 Å². The molecule has 0 saturated carbocycles. The Morgan fingerprint density at radius 2 is 1.50 bits per heavy atom. The van der Waals surface area contributed by atoms with Crippen molar-refractivity contribution in [3.8, 4) is 0 Å². The Labute approximate surface area is 149 Å². The van der Waals surface area contributed by atoms with E-state index in [1.54, 1.807) is 0 Å². The number of rotatable bonds is 15. The maximum Gasteiger partial charge on any atom is 0.508 e. The molecule has 0 aromatic rings.